The lowest BCUT2D eigenvalue weighted by molar-refractivity contribution is -0.144. The molecule has 1 unspecified atom stereocenters. The summed E-state index contributed by atoms with van der Waals surface area (Å²) >= 11 is 0. The summed E-state index contributed by atoms with van der Waals surface area (Å²) in [4.78, 5) is 12.5. The van der Waals surface area contributed by atoms with Crippen molar-refractivity contribution in [3.63, 3.8) is 0 Å². The molecule has 2 aliphatic carbocycles. The van der Waals surface area contributed by atoms with Crippen molar-refractivity contribution in [2.24, 2.45) is 0 Å². The summed E-state index contributed by atoms with van der Waals surface area (Å²) in [7, 11) is 1.67. The van der Waals surface area contributed by atoms with Crippen molar-refractivity contribution in [1.29, 1.82) is 0 Å². The topological polar surface area (TPSA) is 58.6 Å². The van der Waals surface area contributed by atoms with E-state index in [1.807, 2.05) is 12.1 Å². The van der Waals surface area contributed by atoms with Gasteiger partial charge in [0.1, 0.15) is 11.4 Å². The van der Waals surface area contributed by atoms with Crippen LogP contribution in [0.1, 0.15) is 62.1 Å². The van der Waals surface area contributed by atoms with Crippen molar-refractivity contribution >= 4 is 5.91 Å². The van der Waals surface area contributed by atoms with Crippen LogP contribution >= 0.6 is 0 Å². The van der Waals surface area contributed by atoms with Gasteiger partial charge in [-0.2, -0.15) is 0 Å². The monoisotopic (exact) mass is 303 g/mol. The van der Waals surface area contributed by atoms with Crippen LogP contribution in [-0.4, -0.2) is 23.7 Å². The predicted molar refractivity (Wildman–Crippen MR) is 84.9 cm³/mol. The van der Waals surface area contributed by atoms with Crippen molar-refractivity contribution in [2.45, 2.75) is 63.0 Å². The largest absolute Gasteiger partial charge is 0.497 e. The zero-order valence-electron chi connectivity index (χ0n) is 13.2. The first-order chi connectivity index (χ1) is 10.6. The molecule has 0 bridgehead atoms. The predicted octanol–water partition coefficient (Wildman–Crippen LogP) is 2.88. The number of methoxy groups -OCH3 is 1. The van der Waals surface area contributed by atoms with Crippen LogP contribution in [0.4, 0.5) is 0 Å². The average Bonchev–Trinajstić information content (AvgIpc) is 2.55. The zero-order chi connectivity index (χ0) is 15.6. The van der Waals surface area contributed by atoms with Gasteiger partial charge in [-0.3, -0.25) is 4.79 Å². The van der Waals surface area contributed by atoms with Gasteiger partial charge in [0.2, 0.25) is 0 Å². The quantitative estimate of drug-likeness (QED) is 0.902. The fraction of sp³-hybridized carbons (Fsp3) is 0.611. The van der Waals surface area contributed by atoms with Crippen LogP contribution in [0.2, 0.25) is 0 Å². The molecule has 1 amide bonds. The third-order valence-corrected chi connectivity index (χ3v) is 5.07. The number of fused-ring (bicyclic) bond motifs is 1. The molecule has 1 atom stereocenters. The van der Waals surface area contributed by atoms with E-state index in [0.717, 1.165) is 44.3 Å². The number of aryl methyl sites for hydroxylation is 1. The van der Waals surface area contributed by atoms with Gasteiger partial charge < -0.3 is 15.2 Å². The number of rotatable bonds is 3. The van der Waals surface area contributed by atoms with Crippen molar-refractivity contribution in [3.8, 4) is 5.75 Å². The van der Waals surface area contributed by atoms with E-state index in [9.17, 15) is 9.90 Å². The third kappa shape index (κ3) is 2.98. The zero-order valence-corrected chi connectivity index (χ0v) is 13.2. The highest BCUT2D eigenvalue weighted by atomic mass is 16.5. The number of carbonyl (C=O) groups excluding carboxylic acids is 1. The Balaban J connectivity index is 1.75. The highest BCUT2D eigenvalue weighted by molar-refractivity contribution is 5.85. The standard InChI is InChI=1S/C18H25NO3/c1-22-14-8-9-15-13(12-14)6-5-7-16(15)19-17(20)18(21)10-3-2-4-11-18/h8-9,12,16,21H,2-7,10-11H2,1H3,(H,19,20). The van der Waals surface area contributed by atoms with Crippen LogP contribution in [0.25, 0.3) is 0 Å². The molecule has 1 aromatic rings. The first kappa shape index (κ1) is 15.3. The number of hydrogen-bond acceptors (Lipinski definition) is 3. The molecule has 0 spiro atoms. The van der Waals surface area contributed by atoms with Crippen LogP contribution in [-0.2, 0) is 11.2 Å². The summed E-state index contributed by atoms with van der Waals surface area (Å²) in [5, 5.41) is 13.7. The van der Waals surface area contributed by atoms with Crippen molar-refractivity contribution in [2.75, 3.05) is 7.11 Å². The number of benzene rings is 1. The molecule has 0 aliphatic heterocycles. The molecule has 0 aromatic heterocycles. The van der Waals surface area contributed by atoms with E-state index in [2.05, 4.69) is 11.4 Å². The molecule has 1 aromatic carbocycles. The molecule has 22 heavy (non-hydrogen) atoms. The van der Waals surface area contributed by atoms with E-state index in [4.69, 9.17) is 4.74 Å². The maximum Gasteiger partial charge on any atom is 0.252 e. The molecule has 0 saturated heterocycles. The van der Waals surface area contributed by atoms with E-state index in [1.54, 1.807) is 7.11 Å². The number of carbonyl (C=O) groups is 1. The minimum Gasteiger partial charge on any atom is -0.497 e. The van der Waals surface area contributed by atoms with Crippen LogP contribution in [0, 0.1) is 0 Å². The van der Waals surface area contributed by atoms with E-state index in [1.165, 1.54) is 11.1 Å². The molecule has 2 aliphatic rings. The fourth-order valence-electron chi connectivity index (χ4n) is 3.72. The maximum absolute atomic E-state index is 12.5. The van der Waals surface area contributed by atoms with Gasteiger partial charge >= 0.3 is 0 Å². The lowest BCUT2D eigenvalue weighted by Crippen LogP contribution is -2.49. The SMILES string of the molecule is COc1ccc2c(c1)CCCC2NC(=O)C1(O)CCCCC1. The second-order valence-electron chi connectivity index (χ2n) is 6.58. The van der Waals surface area contributed by atoms with Crippen LogP contribution in [0.3, 0.4) is 0 Å². The van der Waals surface area contributed by atoms with Gasteiger partial charge in [-0.15, -0.1) is 0 Å². The average molecular weight is 303 g/mol. The van der Waals surface area contributed by atoms with Gasteiger partial charge in [-0.05, 0) is 55.4 Å². The molecule has 1 saturated carbocycles. The number of hydrogen-bond donors (Lipinski definition) is 2. The number of ether oxygens (including phenoxy) is 1. The lowest BCUT2D eigenvalue weighted by Gasteiger charge is -2.34. The number of amides is 1. The molecule has 120 valence electrons. The van der Waals surface area contributed by atoms with E-state index in [0.29, 0.717) is 12.8 Å². The summed E-state index contributed by atoms with van der Waals surface area (Å²) in [5.41, 5.74) is 1.24. The Morgan fingerprint density at radius 2 is 2.05 bits per heavy atom. The van der Waals surface area contributed by atoms with Gasteiger partial charge in [0, 0.05) is 0 Å². The van der Waals surface area contributed by atoms with Crippen LogP contribution in [0.15, 0.2) is 18.2 Å². The van der Waals surface area contributed by atoms with Crippen LogP contribution in [0.5, 0.6) is 5.75 Å². The van der Waals surface area contributed by atoms with E-state index < -0.39 is 5.60 Å². The van der Waals surface area contributed by atoms with E-state index >= 15 is 0 Å². The minimum absolute atomic E-state index is 0.00751. The van der Waals surface area contributed by atoms with Gasteiger partial charge in [0.25, 0.3) is 5.91 Å². The fourth-order valence-corrected chi connectivity index (χ4v) is 3.72. The Morgan fingerprint density at radius 3 is 2.77 bits per heavy atom. The van der Waals surface area contributed by atoms with Gasteiger partial charge in [-0.1, -0.05) is 25.3 Å². The van der Waals surface area contributed by atoms with E-state index in [-0.39, 0.29) is 11.9 Å². The van der Waals surface area contributed by atoms with Crippen LogP contribution < -0.4 is 10.1 Å². The maximum atomic E-state index is 12.5. The molecule has 2 N–H and O–H groups in total. The van der Waals surface area contributed by atoms with Gasteiger partial charge in [0.05, 0.1) is 13.2 Å². The summed E-state index contributed by atoms with van der Waals surface area (Å²) in [6.07, 6.45) is 7.14. The molecular formula is C18H25NO3. The summed E-state index contributed by atoms with van der Waals surface area (Å²) in [6, 6.07) is 6.05. The second-order valence-corrected chi connectivity index (χ2v) is 6.58. The Hall–Kier alpha value is -1.55. The minimum atomic E-state index is -1.16. The van der Waals surface area contributed by atoms with Crippen molar-refractivity contribution in [1.82, 2.24) is 5.32 Å². The molecule has 4 nitrogen and oxygen atoms in total. The first-order valence-electron chi connectivity index (χ1n) is 8.32. The third-order valence-electron chi connectivity index (χ3n) is 5.07. The van der Waals surface area contributed by atoms with Gasteiger partial charge in [0.15, 0.2) is 0 Å². The second kappa shape index (κ2) is 6.29. The molecular weight excluding hydrogens is 278 g/mol. The highest BCUT2D eigenvalue weighted by Crippen LogP contribution is 2.34. The molecule has 0 radical (unpaired) electrons. The smallest absolute Gasteiger partial charge is 0.252 e. The normalized spacial score (nSPS) is 23.5. The molecule has 3 rings (SSSR count). The highest BCUT2D eigenvalue weighted by Gasteiger charge is 2.38. The number of nitrogens with one attached hydrogen (secondary N) is 1. The Morgan fingerprint density at radius 1 is 1.27 bits per heavy atom. The lowest BCUT2D eigenvalue weighted by atomic mass is 9.82. The van der Waals surface area contributed by atoms with Crippen molar-refractivity contribution < 1.29 is 14.6 Å². The summed E-state index contributed by atoms with van der Waals surface area (Å²) < 4.78 is 5.28. The Bertz CT molecular complexity index is 549. The molecule has 0 heterocycles. The Kier molecular flexibility index (Phi) is 4.39. The molecule has 4 heteroatoms. The first-order valence-corrected chi connectivity index (χ1v) is 8.32. The van der Waals surface area contributed by atoms with Gasteiger partial charge in [-0.25, -0.2) is 0 Å². The van der Waals surface area contributed by atoms with Crippen molar-refractivity contribution in [3.05, 3.63) is 29.3 Å². The summed E-state index contributed by atoms with van der Waals surface area (Å²) in [5.74, 6) is 0.664. The number of aliphatic hydroxyl groups is 1. The summed E-state index contributed by atoms with van der Waals surface area (Å²) in [6.45, 7) is 0. The molecule has 1 fully saturated rings. The Labute approximate surface area is 131 Å².